The Balaban J connectivity index is 1.90. The molecule has 1 aromatic heterocycles. The monoisotopic (exact) mass is 273 g/mol. The van der Waals surface area contributed by atoms with E-state index in [1.807, 2.05) is 49.8 Å². The molecule has 1 heterocycles. The van der Waals surface area contributed by atoms with Crippen LogP contribution < -0.4 is 10.1 Å². The second kappa shape index (κ2) is 7.70. The van der Waals surface area contributed by atoms with Crippen LogP contribution in [0.5, 0.6) is 5.75 Å². The zero-order chi connectivity index (χ0) is 14.2. The number of nitrogens with zero attached hydrogens (tertiary/aromatic N) is 2. The molecule has 0 aliphatic heterocycles. The molecule has 1 aromatic carbocycles. The molecule has 2 rings (SSSR count). The summed E-state index contributed by atoms with van der Waals surface area (Å²) in [5, 5.41) is 3.30. The Morgan fingerprint density at radius 1 is 1.30 bits per heavy atom. The van der Waals surface area contributed by atoms with Gasteiger partial charge in [0.05, 0.1) is 0 Å². The highest BCUT2D eigenvalue weighted by molar-refractivity contribution is 5.21. The number of rotatable bonds is 8. The Bertz CT molecular complexity index is 495. The predicted octanol–water partition coefficient (Wildman–Crippen LogP) is 2.50. The summed E-state index contributed by atoms with van der Waals surface area (Å²) in [6, 6.07) is 10.2. The van der Waals surface area contributed by atoms with Crippen LogP contribution in [0, 0.1) is 0 Å². The van der Waals surface area contributed by atoms with E-state index < -0.39 is 0 Å². The average molecular weight is 273 g/mol. The molecule has 0 radical (unpaired) electrons. The van der Waals surface area contributed by atoms with Gasteiger partial charge in [0, 0.05) is 31.4 Å². The Labute approximate surface area is 120 Å². The molecule has 20 heavy (non-hydrogen) atoms. The van der Waals surface area contributed by atoms with Crippen LogP contribution in [0.4, 0.5) is 0 Å². The minimum atomic E-state index is 0.258. The molecule has 1 unspecified atom stereocenters. The van der Waals surface area contributed by atoms with E-state index in [0.29, 0.717) is 6.61 Å². The van der Waals surface area contributed by atoms with Gasteiger partial charge in [0.25, 0.3) is 0 Å². The van der Waals surface area contributed by atoms with Crippen molar-refractivity contribution in [3.8, 4) is 5.75 Å². The van der Waals surface area contributed by atoms with E-state index in [0.717, 1.165) is 31.0 Å². The van der Waals surface area contributed by atoms with Crippen LogP contribution in [-0.2, 0) is 13.0 Å². The van der Waals surface area contributed by atoms with Gasteiger partial charge in [-0.15, -0.1) is 0 Å². The van der Waals surface area contributed by atoms with Crippen molar-refractivity contribution in [3.05, 3.63) is 48.5 Å². The summed E-state index contributed by atoms with van der Waals surface area (Å²) in [5.41, 5.74) is 0. The number of ether oxygens (including phenoxy) is 1. The molecule has 0 bridgehead atoms. The molecule has 1 atom stereocenters. The molecule has 4 heteroatoms. The predicted molar refractivity (Wildman–Crippen MR) is 81.0 cm³/mol. The van der Waals surface area contributed by atoms with E-state index in [1.165, 1.54) is 0 Å². The van der Waals surface area contributed by atoms with Gasteiger partial charge in [-0.3, -0.25) is 0 Å². The van der Waals surface area contributed by atoms with Gasteiger partial charge in [-0.05, 0) is 25.6 Å². The first-order valence-corrected chi connectivity index (χ1v) is 7.18. The number of hydrogen-bond acceptors (Lipinski definition) is 3. The summed E-state index contributed by atoms with van der Waals surface area (Å²) in [5.74, 6) is 2.02. The number of imidazole rings is 1. The first-order valence-electron chi connectivity index (χ1n) is 7.18. The largest absolute Gasteiger partial charge is 0.492 e. The molecule has 0 saturated heterocycles. The smallest absolute Gasteiger partial charge is 0.119 e. The second-order valence-corrected chi connectivity index (χ2v) is 4.85. The highest BCUT2D eigenvalue weighted by atomic mass is 16.5. The molecule has 0 spiro atoms. The summed E-state index contributed by atoms with van der Waals surface area (Å²) in [6.07, 6.45) is 5.91. The molecule has 0 fully saturated rings. The lowest BCUT2D eigenvalue weighted by molar-refractivity contribution is 0.267. The van der Waals surface area contributed by atoms with Gasteiger partial charge < -0.3 is 14.6 Å². The third-order valence-corrected chi connectivity index (χ3v) is 3.30. The molecule has 1 N–H and O–H groups in total. The zero-order valence-electron chi connectivity index (χ0n) is 12.2. The summed E-state index contributed by atoms with van der Waals surface area (Å²) < 4.78 is 8.02. The first-order chi connectivity index (χ1) is 9.83. The highest BCUT2D eigenvalue weighted by Crippen LogP contribution is 2.10. The summed E-state index contributed by atoms with van der Waals surface area (Å²) in [4.78, 5) is 4.44. The highest BCUT2D eigenvalue weighted by Gasteiger charge is 2.12. The van der Waals surface area contributed by atoms with Crippen molar-refractivity contribution < 1.29 is 4.74 Å². The molecule has 0 aliphatic carbocycles. The van der Waals surface area contributed by atoms with Crippen LogP contribution in [-0.4, -0.2) is 29.2 Å². The van der Waals surface area contributed by atoms with E-state index in [9.17, 15) is 0 Å². The fraction of sp³-hybridized carbons (Fsp3) is 0.438. The van der Waals surface area contributed by atoms with Gasteiger partial charge in [-0.2, -0.15) is 0 Å². The van der Waals surface area contributed by atoms with Gasteiger partial charge in [-0.25, -0.2) is 4.98 Å². The van der Waals surface area contributed by atoms with Crippen LogP contribution in [0.25, 0.3) is 0 Å². The summed E-state index contributed by atoms with van der Waals surface area (Å²) >= 11 is 0. The van der Waals surface area contributed by atoms with Crippen molar-refractivity contribution in [2.24, 2.45) is 0 Å². The number of para-hydroxylation sites is 1. The van der Waals surface area contributed by atoms with E-state index in [4.69, 9.17) is 4.74 Å². The van der Waals surface area contributed by atoms with Gasteiger partial charge in [0.2, 0.25) is 0 Å². The Kier molecular flexibility index (Phi) is 5.62. The van der Waals surface area contributed by atoms with Gasteiger partial charge >= 0.3 is 0 Å². The van der Waals surface area contributed by atoms with E-state index in [1.54, 1.807) is 0 Å². The maximum atomic E-state index is 5.81. The topological polar surface area (TPSA) is 39.1 Å². The fourth-order valence-corrected chi connectivity index (χ4v) is 2.15. The summed E-state index contributed by atoms with van der Waals surface area (Å²) in [7, 11) is 1.96. The summed E-state index contributed by atoms with van der Waals surface area (Å²) in [6.45, 7) is 3.84. The SMILES string of the molecule is CCCn1ccnc1CC(COc1ccccc1)NC. The lowest BCUT2D eigenvalue weighted by Gasteiger charge is -2.17. The number of benzene rings is 1. The lowest BCUT2D eigenvalue weighted by Crippen LogP contribution is -2.34. The van der Waals surface area contributed by atoms with Crippen molar-refractivity contribution in [2.45, 2.75) is 32.4 Å². The van der Waals surface area contributed by atoms with Crippen molar-refractivity contribution in [2.75, 3.05) is 13.7 Å². The normalized spacial score (nSPS) is 12.3. The van der Waals surface area contributed by atoms with Crippen LogP contribution >= 0.6 is 0 Å². The fourth-order valence-electron chi connectivity index (χ4n) is 2.15. The Morgan fingerprint density at radius 3 is 2.80 bits per heavy atom. The third-order valence-electron chi connectivity index (χ3n) is 3.30. The Hall–Kier alpha value is -1.81. The number of hydrogen-bond donors (Lipinski definition) is 1. The number of nitrogens with one attached hydrogen (secondary N) is 1. The van der Waals surface area contributed by atoms with Gasteiger partial charge in [-0.1, -0.05) is 25.1 Å². The molecule has 4 nitrogen and oxygen atoms in total. The zero-order valence-corrected chi connectivity index (χ0v) is 12.2. The van der Waals surface area contributed by atoms with Crippen LogP contribution in [0.1, 0.15) is 19.2 Å². The lowest BCUT2D eigenvalue weighted by atomic mass is 10.2. The van der Waals surface area contributed by atoms with Crippen LogP contribution in [0.15, 0.2) is 42.7 Å². The molecule has 0 aliphatic rings. The standard InChI is InChI=1S/C16H23N3O/c1-3-10-19-11-9-18-16(19)12-14(17-2)13-20-15-7-5-4-6-8-15/h4-9,11,14,17H,3,10,12-13H2,1-2H3. The van der Waals surface area contributed by atoms with Crippen molar-refractivity contribution in [1.29, 1.82) is 0 Å². The minimum Gasteiger partial charge on any atom is -0.492 e. The minimum absolute atomic E-state index is 0.258. The molecule has 2 aromatic rings. The van der Waals surface area contributed by atoms with E-state index in [-0.39, 0.29) is 6.04 Å². The van der Waals surface area contributed by atoms with Crippen molar-refractivity contribution >= 4 is 0 Å². The van der Waals surface area contributed by atoms with Gasteiger partial charge in [0.15, 0.2) is 0 Å². The Morgan fingerprint density at radius 2 is 2.10 bits per heavy atom. The number of aromatic nitrogens is 2. The van der Waals surface area contributed by atoms with Crippen LogP contribution in [0.2, 0.25) is 0 Å². The molecule has 0 saturated carbocycles. The second-order valence-electron chi connectivity index (χ2n) is 4.85. The molecule has 0 amide bonds. The molecular formula is C16H23N3O. The van der Waals surface area contributed by atoms with E-state index in [2.05, 4.69) is 21.8 Å². The third kappa shape index (κ3) is 4.10. The van der Waals surface area contributed by atoms with Gasteiger partial charge in [0.1, 0.15) is 18.2 Å². The first kappa shape index (κ1) is 14.6. The number of aryl methyl sites for hydroxylation is 1. The van der Waals surface area contributed by atoms with Crippen molar-refractivity contribution in [1.82, 2.24) is 14.9 Å². The number of likely N-dealkylation sites (N-methyl/N-ethyl adjacent to an activating group) is 1. The van der Waals surface area contributed by atoms with Crippen LogP contribution in [0.3, 0.4) is 0 Å². The molecular weight excluding hydrogens is 250 g/mol. The van der Waals surface area contributed by atoms with Crippen molar-refractivity contribution in [3.63, 3.8) is 0 Å². The average Bonchev–Trinajstić information content (AvgIpc) is 2.92. The maximum Gasteiger partial charge on any atom is 0.119 e. The molecule has 108 valence electrons. The van der Waals surface area contributed by atoms with E-state index >= 15 is 0 Å². The quantitative estimate of drug-likeness (QED) is 0.803. The maximum absolute atomic E-state index is 5.81.